The van der Waals surface area contributed by atoms with Crippen molar-refractivity contribution in [2.24, 2.45) is 5.92 Å². The van der Waals surface area contributed by atoms with Crippen LogP contribution in [0.15, 0.2) is 30.3 Å². The van der Waals surface area contributed by atoms with Crippen LogP contribution in [-0.2, 0) is 16.4 Å². The van der Waals surface area contributed by atoms with Crippen LogP contribution in [0, 0.1) is 5.92 Å². The molecule has 1 aromatic carbocycles. The summed E-state index contributed by atoms with van der Waals surface area (Å²) in [4.78, 5) is 0. The Morgan fingerprint density at radius 3 is 2.57 bits per heavy atom. The molecule has 1 aliphatic rings. The van der Waals surface area contributed by atoms with Crippen molar-refractivity contribution in [2.45, 2.75) is 38.6 Å². The molecule has 0 aliphatic carbocycles. The molecular formula is C16H26N2O2S. The van der Waals surface area contributed by atoms with Gasteiger partial charge in [-0.25, -0.2) is 13.1 Å². The van der Waals surface area contributed by atoms with E-state index in [2.05, 4.69) is 10.0 Å². The fourth-order valence-corrected chi connectivity index (χ4v) is 4.32. The molecule has 0 saturated carbocycles. The highest BCUT2D eigenvalue weighted by molar-refractivity contribution is 7.89. The molecule has 0 spiro atoms. The highest BCUT2D eigenvalue weighted by Gasteiger charge is 2.19. The van der Waals surface area contributed by atoms with Crippen molar-refractivity contribution in [1.82, 2.24) is 10.0 Å². The molecule has 5 heteroatoms. The van der Waals surface area contributed by atoms with Gasteiger partial charge in [-0.15, -0.1) is 0 Å². The van der Waals surface area contributed by atoms with Crippen LogP contribution < -0.4 is 10.0 Å². The fourth-order valence-electron chi connectivity index (χ4n) is 2.87. The van der Waals surface area contributed by atoms with Gasteiger partial charge >= 0.3 is 0 Å². The largest absolute Gasteiger partial charge is 0.317 e. The average Bonchev–Trinajstić information content (AvgIpc) is 2.47. The summed E-state index contributed by atoms with van der Waals surface area (Å²) in [6.07, 6.45) is 3.69. The topological polar surface area (TPSA) is 58.2 Å². The molecule has 4 nitrogen and oxygen atoms in total. The predicted molar refractivity (Wildman–Crippen MR) is 86.7 cm³/mol. The number of hydrogen-bond acceptors (Lipinski definition) is 3. The van der Waals surface area contributed by atoms with Crippen molar-refractivity contribution in [3.63, 3.8) is 0 Å². The number of nitrogens with one attached hydrogen (secondary N) is 2. The van der Waals surface area contributed by atoms with E-state index in [9.17, 15) is 8.42 Å². The van der Waals surface area contributed by atoms with Crippen LogP contribution in [0.5, 0.6) is 0 Å². The maximum atomic E-state index is 12.1. The zero-order valence-electron chi connectivity index (χ0n) is 12.7. The molecule has 0 bridgehead atoms. The summed E-state index contributed by atoms with van der Waals surface area (Å²) in [5.74, 6) is 0.795. The van der Waals surface area contributed by atoms with Crippen molar-refractivity contribution in [1.29, 1.82) is 0 Å². The van der Waals surface area contributed by atoms with Crippen LogP contribution in [0.3, 0.4) is 0 Å². The zero-order valence-corrected chi connectivity index (χ0v) is 13.5. The number of sulfonamides is 1. The summed E-state index contributed by atoms with van der Waals surface area (Å²) in [5.41, 5.74) is 1.16. The summed E-state index contributed by atoms with van der Waals surface area (Å²) >= 11 is 0. The minimum atomic E-state index is -3.17. The maximum Gasteiger partial charge on any atom is 0.211 e. The SMILES string of the molecule is CC(Cc1ccccc1)NS(=O)(=O)CCC1CCNCC1. The van der Waals surface area contributed by atoms with E-state index in [0.29, 0.717) is 5.92 Å². The van der Waals surface area contributed by atoms with Crippen LogP contribution in [-0.4, -0.2) is 33.3 Å². The van der Waals surface area contributed by atoms with E-state index < -0.39 is 10.0 Å². The maximum absolute atomic E-state index is 12.1. The standard InChI is InChI=1S/C16H26N2O2S/c1-14(13-16-5-3-2-4-6-16)18-21(19,20)12-9-15-7-10-17-11-8-15/h2-6,14-15,17-18H,7-13H2,1H3. The number of rotatable bonds is 7. The third-order valence-electron chi connectivity index (χ3n) is 4.02. The molecule has 2 rings (SSSR count). The van der Waals surface area contributed by atoms with E-state index in [1.165, 1.54) is 0 Å². The molecule has 1 saturated heterocycles. The van der Waals surface area contributed by atoms with Gasteiger partial charge in [-0.05, 0) is 57.2 Å². The summed E-state index contributed by atoms with van der Waals surface area (Å²) < 4.78 is 27.1. The summed E-state index contributed by atoms with van der Waals surface area (Å²) in [7, 11) is -3.17. The second-order valence-corrected chi connectivity index (χ2v) is 7.88. The predicted octanol–water partition coefficient (Wildman–Crippen LogP) is 1.93. The number of hydrogen-bond donors (Lipinski definition) is 2. The van der Waals surface area contributed by atoms with Gasteiger partial charge in [0.15, 0.2) is 0 Å². The third kappa shape index (κ3) is 6.16. The van der Waals surface area contributed by atoms with Gasteiger partial charge in [0, 0.05) is 6.04 Å². The van der Waals surface area contributed by atoms with E-state index in [4.69, 9.17) is 0 Å². The smallest absolute Gasteiger partial charge is 0.211 e. The quantitative estimate of drug-likeness (QED) is 0.809. The number of piperidine rings is 1. The van der Waals surface area contributed by atoms with Crippen molar-refractivity contribution < 1.29 is 8.42 Å². The Morgan fingerprint density at radius 1 is 1.24 bits per heavy atom. The lowest BCUT2D eigenvalue weighted by Gasteiger charge is -2.22. The van der Waals surface area contributed by atoms with E-state index in [1.807, 2.05) is 37.3 Å². The molecule has 1 aliphatic heterocycles. The lowest BCUT2D eigenvalue weighted by Crippen LogP contribution is -2.37. The van der Waals surface area contributed by atoms with Gasteiger partial charge in [0.1, 0.15) is 0 Å². The average molecular weight is 310 g/mol. The van der Waals surface area contributed by atoms with Gasteiger partial charge in [-0.1, -0.05) is 30.3 Å². The molecule has 1 atom stereocenters. The minimum Gasteiger partial charge on any atom is -0.317 e. The number of benzene rings is 1. The summed E-state index contributed by atoms with van der Waals surface area (Å²) in [6.45, 7) is 3.96. The molecule has 0 radical (unpaired) electrons. The fraction of sp³-hybridized carbons (Fsp3) is 0.625. The van der Waals surface area contributed by atoms with E-state index in [0.717, 1.165) is 44.3 Å². The molecule has 1 heterocycles. The highest BCUT2D eigenvalue weighted by atomic mass is 32.2. The molecule has 118 valence electrons. The lowest BCUT2D eigenvalue weighted by molar-refractivity contribution is 0.365. The first kappa shape index (κ1) is 16.5. The Bertz CT molecular complexity index is 510. The first-order valence-corrected chi connectivity index (χ1v) is 9.45. The third-order valence-corrected chi connectivity index (χ3v) is 5.55. The van der Waals surface area contributed by atoms with Gasteiger partial charge in [0.2, 0.25) is 10.0 Å². The normalized spacial score (nSPS) is 18.5. The Labute approximate surface area is 128 Å². The second kappa shape index (κ2) is 7.92. The molecule has 0 amide bonds. The van der Waals surface area contributed by atoms with Crippen molar-refractivity contribution in [3.05, 3.63) is 35.9 Å². The molecule has 2 N–H and O–H groups in total. The van der Waals surface area contributed by atoms with Crippen LogP contribution in [0.4, 0.5) is 0 Å². The Hall–Kier alpha value is -0.910. The lowest BCUT2D eigenvalue weighted by atomic mass is 9.96. The Kier molecular flexibility index (Phi) is 6.21. The van der Waals surface area contributed by atoms with Gasteiger partial charge < -0.3 is 5.32 Å². The highest BCUT2D eigenvalue weighted by Crippen LogP contribution is 2.16. The van der Waals surface area contributed by atoms with Crippen LogP contribution >= 0.6 is 0 Å². The first-order chi connectivity index (χ1) is 10.1. The van der Waals surface area contributed by atoms with Gasteiger partial charge in [-0.3, -0.25) is 0 Å². The van der Waals surface area contributed by atoms with Crippen molar-refractivity contribution in [2.75, 3.05) is 18.8 Å². The molecule has 1 aromatic rings. The second-order valence-electron chi connectivity index (χ2n) is 6.01. The Morgan fingerprint density at radius 2 is 1.90 bits per heavy atom. The molecule has 0 aromatic heterocycles. The first-order valence-electron chi connectivity index (χ1n) is 7.80. The molecule has 1 fully saturated rings. The monoisotopic (exact) mass is 310 g/mol. The van der Waals surface area contributed by atoms with Crippen LogP contribution in [0.1, 0.15) is 31.7 Å². The van der Waals surface area contributed by atoms with Gasteiger partial charge in [-0.2, -0.15) is 0 Å². The van der Waals surface area contributed by atoms with E-state index >= 15 is 0 Å². The van der Waals surface area contributed by atoms with Gasteiger partial charge in [0.05, 0.1) is 5.75 Å². The van der Waals surface area contributed by atoms with Gasteiger partial charge in [0.25, 0.3) is 0 Å². The van der Waals surface area contributed by atoms with E-state index in [1.54, 1.807) is 0 Å². The Balaban J connectivity index is 1.77. The van der Waals surface area contributed by atoms with Crippen LogP contribution in [0.25, 0.3) is 0 Å². The van der Waals surface area contributed by atoms with Crippen LogP contribution in [0.2, 0.25) is 0 Å². The molecule has 21 heavy (non-hydrogen) atoms. The van der Waals surface area contributed by atoms with E-state index in [-0.39, 0.29) is 11.8 Å². The van der Waals surface area contributed by atoms with Crippen molar-refractivity contribution >= 4 is 10.0 Å². The molecular weight excluding hydrogens is 284 g/mol. The van der Waals surface area contributed by atoms with Crippen molar-refractivity contribution in [3.8, 4) is 0 Å². The summed E-state index contributed by atoms with van der Waals surface area (Å²) in [5, 5.41) is 3.31. The minimum absolute atomic E-state index is 0.0644. The molecule has 1 unspecified atom stereocenters. The zero-order chi connectivity index (χ0) is 15.1. The summed E-state index contributed by atoms with van der Waals surface area (Å²) in [6, 6.07) is 9.92.